The van der Waals surface area contributed by atoms with Crippen molar-refractivity contribution in [2.75, 3.05) is 40.8 Å². The van der Waals surface area contributed by atoms with Crippen molar-refractivity contribution in [2.45, 2.75) is 104 Å². The number of likely N-dealkylation sites (N-methyl/N-ethyl adjacent to an activating group) is 4. The maximum absolute atomic E-state index is 14.1. The van der Waals surface area contributed by atoms with Gasteiger partial charge >= 0.3 is 5.97 Å². The van der Waals surface area contributed by atoms with Crippen LogP contribution < -0.4 is 10.6 Å². The first-order chi connectivity index (χ1) is 23.0. The Labute approximate surface area is 291 Å². The fourth-order valence-corrected chi connectivity index (χ4v) is 6.02. The fourth-order valence-electron chi connectivity index (χ4n) is 6.02. The molecule has 0 bridgehead atoms. The number of hydrogen-bond donors (Lipinski definition) is 3. The summed E-state index contributed by atoms with van der Waals surface area (Å²) < 4.78 is 0. The third-order valence-electron chi connectivity index (χ3n) is 9.61. The highest BCUT2D eigenvalue weighted by atomic mass is 16.4. The zero-order chi connectivity index (χ0) is 37.2. The summed E-state index contributed by atoms with van der Waals surface area (Å²) >= 11 is 0. The lowest BCUT2D eigenvalue weighted by molar-refractivity contribution is -0.161. The SMILES string of the molecule is CC[C@H](C)[C@H](NC(=O)[C@H](CC(C)C)NC)C(=O)N(C)[C@@H](C)C(=O)N1CC[C@H]1C(=O)N(CC)[C@@H](Cc1ccc(C)cc1)C(=O)N(C)CC(=O)O. The van der Waals surface area contributed by atoms with E-state index in [0.29, 0.717) is 25.8 Å². The van der Waals surface area contributed by atoms with Crippen LogP contribution in [0.25, 0.3) is 0 Å². The molecule has 0 aromatic heterocycles. The molecule has 1 aromatic carbocycles. The van der Waals surface area contributed by atoms with Gasteiger partial charge in [0.25, 0.3) is 0 Å². The lowest BCUT2D eigenvalue weighted by Crippen LogP contribution is -2.65. The number of carboxylic acid groups (broad SMARTS) is 1. The number of amides is 5. The van der Waals surface area contributed by atoms with E-state index < -0.39 is 66.4 Å². The Morgan fingerprint density at radius 2 is 1.59 bits per heavy atom. The van der Waals surface area contributed by atoms with E-state index in [0.717, 1.165) is 16.0 Å². The van der Waals surface area contributed by atoms with E-state index in [2.05, 4.69) is 10.6 Å². The summed E-state index contributed by atoms with van der Waals surface area (Å²) in [6, 6.07) is 3.49. The van der Waals surface area contributed by atoms with E-state index in [4.69, 9.17) is 0 Å². The average molecular weight is 687 g/mol. The van der Waals surface area contributed by atoms with Crippen LogP contribution >= 0.6 is 0 Å². The highest BCUT2D eigenvalue weighted by molar-refractivity contribution is 5.97. The van der Waals surface area contributed by atoms with Crippen molar-refractivity contribution in [1.29, 1.82) is 0 Å². The minimum Gasteiger partial charge on any atom is -0.480 e. The molecule has 2 rings (SSSR count). The Morgan fingerprint density at radius 3 is 2.06 bits per heavy atom. The van der Waals surface area contributed by atoms with E-state index in [1.165, 1.54) is 28.8 Å². The number of aliphatic carboxylic acids is 1. The first kappa shape index (κ1) is 41.2. The van der Waals surface area contributed by atoms with Gasteiger partial charge in [0.05, 0.1) is 6.04 Å². The fraction of sp³-hybridized carbons (Fsp3) is 0.667. The monoisotopic (exact) mass is 686 g/mol. The summed E-state index contributed by atoms with van der Waals surface area (Å²) in [7, 11) is 4.63. The van der Waals surface area contributed by atoms with Crippen LogP contribution in [0.3, 0.4) is 0 Å². The smallest absolute Gasteiger partial charge is 0.323 e. The molecule has 1 aliphatic heterocycles. The summed E-state index contributed by atoms with van der Waals surface area (Å²) in [6.07, 6.45) is 1.78. The molecule has 5 amide bonds. The maximum atomic E-state index is 14.1. The van der Waals surface area contributed by atoms with Crippen molar-refractivity contribution < 1.29 is 33.9 Å². The van der Waals surface area contributed by atoms with Gasteiger partial charge in [-0.25, -0.2) is 0 Å². The van der Waals surface area contributed by atoms with E-state index >= 15 is 0 Å². The average Bonchev–Trinajstić information content (AvgIpc) is 3.03. The molecule has 1 fully saturated rings. The molecule has 49 heavy (non-hydrogen) atoms. The number of aryl methyl sites for hydroxylation is 1. The number of hydrogen-bond acceptors (Lipinski definition) is 7. The molecule has 0 spiro atoms. The molecule has 13 heteroatoms. The minimum atomic E-state index is -1.17. The first-order valence-electron chi connectivity index (χ1n) is 17.4. The second-order valence-electron chi connectivity index (χ2n) is 13.7. The number of carbonyl (C=O) groups excluding carboxylic acids is 5. The van der Waals surface area contributed by atoms with Crippen LogP contribution in [0.15, 0.2) is 24.3 Å². The molecular weight excluding hydrogens is 628 g/mol. The predicted molar refractivity (Wildman–Crippen MR) is 187 cm³/mol. The van der Waals surface area contributed by atoms with E-state index in [-0.39, 0.29) is 30.7 Å². The Balaban J connectivity index is 2.28. The predicted octanol–water partition coefficient (Wildman–Crippen LogP) is 1.91. The zero-order valence-electron chi connectivity index (χ0n) is 31.0. The summed E-state index contributed by atoms with van der Waals surface area (Å²) in [4.78, 5) is 85.2. The van der Waals surface area contributed by atoms with Crippen molar-refractivity contribution in [3.63, 3.8) is 0 Å². The van der Waals surface area contributed by atoms with Crippen molar-refractivity contribution in [3.05, 3.63) is 35.4 Å². The van der Waals surface area contributed by atoms with Crippen molar-refractivity contribution in [2.24, 2.45) is 11.8 Å². The molecule has 274 valence electrons. The topological polar surface area (TPSA) is 160 Å². The van der Waals surface area contributed by atoms with Crippen molar-refractivity contribution in [1.82, 2.24) is 30.2 Å². The molecule has 1 saturated heterocycles. The second kappa shape index (κ2) is 18.7. The number of rotatable bonds is 18. The van der Waals surface area contributed by atoms with Gasteiger partial charge in [-0.1, -0.05) is 63.9 Å². The number of benzene rings is 1. The summed E-state index contributed by atoms with van der Waals surface area (Å²) in [5, 5.41) is 15.3. The van der Waals surface area contributed by atoms with Crippen molar-refractivity contribution in [3.8, 4) is 0 Å². The summed E-state index contributed by atoms with van der Waals surface area (Å²) in [5.74, 6) is -3.12. The number of carbonyl (C=O) groups is 6. The van der Waals surface area contributed by atoms with Crippen LogP contribution in [0.1, 0.15) is 71.9 Å². The van der Waals surface area contributed by atoms with Crippen LogP contribution in [-0.4, -0.2) is 131 Å². The van der Waals surface area contributed by atoms with Crippen LogP contribution in [0, 0.1) is 18.8 Å². The van der Waals surface area contributed by atoms with Crippen LogP contribution in [0.4, 0.5) is 0 Å². The summed E-state index contributed by atoms with van der Waals surface area (Å²) in [6.45, 7) is 13.1. The minimum absolute atomic E-state index is 0.162. The van der Waals surface area contributed by atoms with Gasteiger partial charge in [-0.15, -0.1) is 0 Å². The highest BCUT2D eigenvalue weighted by Crippen LogP contribution is 2.25. The number of likely N-dealkylation sites (tertiary alicyclic amines) is 1. The maximum Gasteiger partial charge on any atom is 0.323 e. The number of nitrogens with zero attached hydrogens (tertiary/aromatic N) is 4. The summed E-state index contributed by atoms with van der Waals surface area (Å²) in [5.41, 5.74) is 1.84. The van der Waals surface area contributed by atoms with Gasteiger partial charge in [-0.2, -0.15) is 0 Å². The molecule has 0 saturated carbocycles. The zero-order valence-corrected chi connectivity index (χ0v) is 31.0. The second-order valence-corrected chi connectivity index (χ2v) is 13.7. The lowest BCUT2D eigenvalue weighted by Gasteiger charge is -2.45. The molecule has 6 atom stereocenters. The van der Waals surface area contributed by atoms with Gasteiger partial charge in [0, 0.05) is 33.6 Å². The molecule has 1 heterocycles. The normalized spacial score (nSPS) is 17.2. The molecule has 3 N–H and O–H groups in total. The van der Waals surface area contributed by atoms with E-state index in [1.54, 1.807) is 20.9 Å². The Morgan fingerprint density at radius 1 is 0.980 bits per heavy atom. The third kappa shape index (κ3) is 10.7. The molecule has 13 nitrogen and oxygen atoms in total. The van der Waals surface area contributed by atoms with E-state index in [1.807, 2.05) is 58.9 Å². The largest absolute Gasteiger partial charge is 0.480 e. The van der Waals surface area contributed by atoms with Gasteiger partial charge in [0.2, 0.25) is 29.5 Å². The van der Waals surface area contributed by atoms with Crippen LogP contribution in [0.2, 0.25) is 0 Å². The molecule has 1 aliphatic rings. The van der Waals surface area contributed by atoms with Gasteiger partial charge in [0.15, 0.2) is 0 Å². The first-order valence-corrected chi connectivity index (χ1v) is 17.4. The molecule has 1 aromatic rings. The Hall–Kier alpha value is -4.00. The molecular formula is C36H58N6O7. The number of carboxylic acids is 1. The molecule has 0 aliphatic carbocycles. The molecule has 0 unspecified atom stereocenters. The quantitative estimate of drug-likeness (QED) is 0.211. The van der Waals surface area contributed by atoms with Gasteiger partial charge in [-0.05, 0) is 58.1 Å². The van der Waals surface area contributed by atoms with Crippen molar-refractivity contribution >= 4 is 35.5 Å². The Kier molecular flexibility index (Phi) is 15.7. The number of nitrogens with one attached hydrogen (secondary N) is 2. The highest BCUT2D eigenvalue weighted by Gasteiger charge is 2.45. The van der Waals surface area contributed by atoms with Crippen LogP contribution in [0.5, 0.6) is 0 Å². The van der Waals surface area contributed by atoms with Gasteiger partial charge in [-0.3, -0.25) is 28.8 Å². The molecule has 0 radical (unpaired) electrons. The Bertz CT molecular complexity index is 1320. The standard InChI is InChI=1S/C36H58N6O7/c1-11-24(6)31(38-32(45)27(37-8)19-22(3)4)36(49)40(10)25(7)33(46)42-18-17-28(42)35(48)41(12-2)29(34(47)39(9)21-30(43)44)20-26-15-13-23(5)14-16-26/h13-16,22,24-25,27-29,31,37H,11-12,17-21H2,1-10H3,(H,38,45)(H,43,44)/t24-,25-,27-,28-,29-,31-/m0/s1. The van der Waals surface area contributed by atoms with Gasteiger partial charge in [0.1, 0.15) is 30.7 Å². The van der Waals surface area contributed by atoms with E-state index in [9.17, 15) is 33.9 Å². The van der Waals surface area contributed by atoms with Crippen LogP contribution in [-0.2, 0) is 35.2 Å². The lowest BCUT2D eigenvalue weighted by atomic mass is 9.95. The van der Waals surface area contributed by atoms with Gasteiger partial charge < -0.3 is 35.3 Å². The third-order valence-corrected chi connectivity index (χ3v) is 9.61.